The number of H-pyrrole nitrogens is 1. The van der Waals surface area contributed by atoms with Gasteiger partial charge in [0.15, 0.2) is 0 Å². The molecule has 0 amide bonds. The van der Waals surface area contributed by atoms with Crippen LogP contribution in [0.2, 0.25) is 0 Å². The van der Waals surface area contributed by atoms with Crippen LogP contribution in [0, 0.1) is 0 Å². The third-order valence-electron chi connectivity index (χ3n) is 5.65. The van der Waals surface area contributed by atoms with Crippen LogP contribution in [0.15, 0.2) is 103 Å². The van der Waals surface area contributed by atoms with Gasteiger partial charge < -0.3 is 0 Å². The predicted octanol–water partition coefficient (Wildman–Crippen LogP) is 6.08. The molecule has 0 aliphatic heterocycles. The molecule has 0 bridgehead atoms. The largest absolute Gasteiger partial charge is 0.280 e. The number of hydrogen-bond acceptors (Lipinski definition) is 2. The van der Waals surface area contributed by atoms with Gasteiger partial charge in [0.05, 0.1) is 28.2 Å². The first-order valence-electron chi connectivity index (χ1n) is 9.90. The van der Waals surface area contributed by atoms with Gasteiger partial charge in [0.1, 0.15) is 0 Å². The van der Waals surface area contributed by atoms with Crippen LogP contribution in [-0.2, 0) is 11.3 Å². The third kappa shape index (κ3) is 2.82. The molecule has 0 atom stereocenters. The van der Waals surface area contributed by atoms with Gasteiger partial charge >= 0.3 is 0 Å². The number of fused-ring (bicyclic) bond motifs is 1. The molecule has 30 heavy (non-hydrogen) atoms. The molecular weight excluding hydrogens is 390 g/mol. The number of aromatic amines is 1. The lowest BCUT2D eigenvalue weighted by Crippen LogP contribution is -2.32. The fourth-order valence-corrected chi connectivity index (χ4v) is 4.57. The maximum absolute atomic E-state index is 6.31. The maximum Gasteiger partial charge on any atom is 0.0958 e. The van der Waals surface area contributed by atoms with Gasteiger partial charge in [-0.25, -0.2) is 0 Å². The van der Waals surface area contributed by atoms with E-state index in [4.69, 9.17) is 16.6 Å². The first-order chi connectivity index (χ1) is 14.9. The Labute approximate surface area is 180 Å². The lowest BCUT2D eigenvalue weighted by Gasteiger charge is -2.36. The van der Waals surface area contributed by atoms with Gasteiger partial charge in [-0.05, 0) is 22.8 Å². The summed E-state index contributed by atoms with van der Waals surface area (Å²) >= 11 is 6.31. The van der Waals surface area contributed by atoms with Crippen LogP contribution in [0.3, 0.4) is 0 Å². The molecule has 0 saturated heterocycles. The summed E-state index contributed by atoms with van der Waals surface area (Å²) in [5, 5.41) is 8.58. The number of rotatable bonds is 5. The first kappa shape index (κ1) is 18.6. The SMILES string of the molecule is ClCc1[nH]nc2ccnc(C(c3ccccc3)(c3ccccc3)c3ccccc3)c12. The zero-order valence-corrected chi connectivity index (χ0v) is 17.1. The number of aromatic nitrogens is 3. The summed E-state index contributed by atoms with van der Waals surface area (Å²) in [5.41, 5.74) is 5.48. The monoisotopic (exact) mass is 409 g/mol. The Morgan fingerprint density at radius 2 is 1.20 bits per heavy atom. The van der Waals surface area contributed by atoms with Crippen molar-refractivity contribution in [2.75, 3.05) is 0 Å². The van der Waals surface area contributed by atoms with Crippen LogP contribution in [0.1, 0.15) is 28.1 Å². The van der Waals surface area contributed by atoms with Crippen molar-refractivity contribution in [3.8, 4) is 0 Å². The van der Waals surface area contributed by atoms with Crippen LogP contribution in [0.4, 0.5) is 0 Å². The standard InChI is InChI=1S/C26H20ClN3/c27-18-23-24-22(29-30-23)16-17-28-25(24)26(19-10-4-1-5-11-19,20-12-6-2-7-13-20)21-14-8-3-9-15-21/h1-17H,18H2,(H,29,30). The molecule has 0 aliphatic rings. The highest BCUT2D eigenvalue weighted by Crippen LogP contribution is 2.46. The van der Waals surface area contributed by atoms with E-state index in [2.05, 4.69) is 83.0 Å². The van der Waals surface area contributed by atoms with E-state index in [1.54, 1.807) is 0 Å². The van der Waals surface area contributed by atoms with Gasteiger partial charge in [0.2, 0.25) is 0 Å². The predicted molar refractivity (Wildman–Crippen MR) is 122 cm³/mol. The minimum atomic E-state index is -0.617. The van der Waals surface area contributed by atoms with Crippen LogP contribution in [0.25, 0.3) is 10.9 Å². The number of pyridine rings is 1. The fraction of sp³-hybridized carbons (Fsp3) is 0.0769. The molecule has 5 aromatic rings. The van der Waals surface area contributed by atoms with Crippen molar-refractivity contribution in [3.05, 3.63) is 131 Å². The summed E-state index contributed by atoms with van der Waals surface area (Å²) in [4.78, 5) is 4.97. The van der Waals surface area contributed by atoms with Crippen molar-refractivity contribution in [3.63, 3.8) is 0 Å². The van der Waals surface area contributed by atoms with Crippen molar-refractivity contribution < 1.29 is 0 Å². The second-order valence-electron chi connectivity index (χ2n) is 7.24. The Morgan fingerprint density at radius 1 is 0.700 bits per heavy atom. The fourth-order valence-electron chi connectivity index (χ4n) is 4.38. The van der Waals surface area contributed by atoms with E-state index in [1.807, 2.05) is 30.5 Å². The molecule has 5 rings (SSSR count). The summed E-state index contributed by atoms with van der Waals surface area (Å²) in [6.45, 7) is 0. The Balaban J connectivity index is 2.00. The molecule has 0 unspecified atom stereocenters. The topological polar surface area (TPSA) is 41.6 Å². The Hall–Kier alpha value is -3.43. The van der Waals surface area contributed by atoms with E-state index in [-0.39, 0.29) is 0 Å². The smallest absolute Gasteiger partial charge is 0.0958 e. The summed E-state index contributed by atoms with van der Waals surface area (Å²) in [6, 6.07) is 33.5. The summed E-state index contributed by atoms with van der Waals surface area (Å²) in [5.74, 6) is 0.337. The van der Waals surface area contributed by atoms with Crippen molar-refractivity contribution in [2.45, 2.75) is 11.3 Å². The van der Waals surface area contributed by atoms with Gasteiger partial charge in [0.25, 0.3) is 0 Å². The second-order valence-corrected chi connectivity index (χ2v) is 7.50. The second kappa shape index (κ2) is 7.77. The molecular formula is C26H20ClN3. The average molecular weight is 410 g/mol. The quantitative estimate of drug-likeness (QED) is 0.282. The van der Waals surface area contributed by atoms with Crippen LogP contribution >= 0.6 is 11.6 Å². The molecule has 0 radical (unpaired) electrons. The van der Waals surface area contributed by atoms with E-state index < -0.39 is 5.41 Å². The maximum atomic E-state index is 6.31. The van der Waals surface area contributed by atoms with E-state index in [9.17, 15) is 0 Å². The molecule has 3 aromatic carbocycles. The van der Waals surface area contributed by atoms with E-state index >= 15 is 0 Å². The highest BCUT2D eigenvalue weighted by Gasteiger charge is 2.41. The number of nitrogens with one attached hydrogen (secondary N) is 1. The lowest BCUT2D eigenvalue weighted by atomic mass is 9.66. The molecule has 146 valence electrons. The molecule has 2 heterocycles. The Bertz CT molecular complexity index is 1170. The minimum absolute atomic E-state index is 0.337. The Morgan fingerprint density at radius 3 is 1.67 bits per heavy atom. The third-order valence-corrected chi connectivity index (χ3v) is 5.92. The number of alkyl halides is 1. The van der Waals surface area contributed by atoms with Crippen molar-refractivity contribution in [2.24, 2.45) is 0 Å². The highest BCUT2D eigenvalue weighted by molar-refractivity contribution is 6.17. The normalized spacial score (nSPS) is 11.6. The molecule has 1 N–H and O–H groups in total. The summed E-state index contributed by atoms with van der Waals surface area (Å²) in [6.07, 6.45) is 1.83. The van der Waals surface area contributed by atoms with Crippen molar-refractivity contribution in [1.29, 1.82) is 0 Å². The van der Waals surface area contributed by atoms with Gasteiger partial charge in [0, 0.05) is 11.6 Å². The zero-order chi connectivity index (χ0) is 20.4. The van der Waals surface area contributed by atoms with Crippen molar-refractivity contribution in [1.82, 2.24) is 15.2 Å². The molecule has 0 spiro atoms. The molecule has 0 fully saturated rings. The molecule has 3 nitrogen and oxygen atoms in total. The molecule has 0 aliphatic carbocycles. The van der Waals surface area contributed by atoms with Gasteiger partial charge in [-0.1, -0.05) is 91.0 Å². The summed E-state index contributed by atoms with van der Waals surface area (Å²) in [7, 11) is 0. The first-order valence-corrected chi connectivity index (χ1v) is 10.4. The van der Waals surface area contributed by atoms with E-state index in [0.29, 0.717) is 5.88 Å². The van der Waals surface area contributed by atoms with E-state index in [1.165, 1.54) is 0 Å². The van der Waals surface area contributed by atoms with Crippen LogP contribution in [-0.4, -0.2) is 15.2 Å². The van der Waals surface area contributed by atoms with Crippen LogP contribution < -0.4 is 0 Å². The molecule has 0 saturated carbocycles. The minimum Gasteiger partial charge on any atom is -0.280 e. The average Bonchev–Trinajstić information content (AvgIpc) is 3.26. The van der Waals surface area contributed by atoms with Gasteiger partial charge in [-0.2, -0.15) is 5.10 Å². The van der Waals surface area contributed by atoms with Crippen molar-refractivity contribution >= 4 is 22.5 Å². The number of hydrogen-bond donors (Lipinski definition) is 1. The van der Waals surface area contributed by atoms with Crippen LogP contribution in [0.5, 0.6) is 0 Å². The summed E-state index contributed by atoms with van der Waals surface area (Å²) < 4.78 is 0. The number of nitrogens with zero attached hydrogens (tertiary/aromatic N) is 2. The zero-order valence-electron chi connectivity index (χ0n) is 16.3. The lowest BCUT2D eigenvalue weighted by molar-refractivity contribution is 0.722. The van der Waals surface area contributed by atoms with Gasteiger partial charge in [-0.15, -0.1) is 11.6 Å². The number of benzene rings is 3. The molecule has 2 aromatic heterocycles. The molecule has 4 heteroatoms. The number of halogens is 1. The highest BCUT2D eigenvalue weighted by atomic mass is 35.5. The van der Waals surface area contributed by atoms with E-state index in [0.717, 1.165) is 39.0 Å². The van der Waals surface area contributed by atoms with Gasteiger partial charge in [-0.3, -0.25) is 10.1 Å². The Kier molecular flexibility index (Phi) is 4.82.